The molecule has 0 spiro atoms. The topological polar surface area (TPSA) is 102 Å². The zero-order valence-corrected chi connectivity index (χ0v) is 14.1. The van der Waals surface area contributed by atoms with E-state index in [9.17, 15) is 14.7 Å². The molecule has 1 unspecified atom stereocenters. The molecule has 0 bridgehead atoms. The molecule has 1 aliphatic rings. The summed E-state index contributed by atoms with van der Waals surface area (Å²) in [4.78, 5) is 25.1. The first-order valence-corrected chi connectivity index (χ1v) is 8.14. The monoisotopic (exact) mass is 335 g/mol. The Hall–Kier alpha value is -2.28. The van der Waals surface area contributed by atoms with E-state index in [1.807, 2.05) is 25.2 Å². The Balaban J connectivity index is 2.01. The van der Waals surface area contributed by atoms with E-state index in [-0.39, 0.29) is 6.54 Å². The predicted octanol–water partition coefficient (Wildman–Crippen LogP) is 2.02. The lowest BCUT2D eigenvalue weighted by Gasteiger charge is -2.28. The van der Waals surface area contributed by atoms with Gasteiger partial charge in [0.25, 0.3) is 0 Å². The molecule has 0 heterocycles. The Morgan fingerprint density at radius 3 is 2.54 bits per heavy atom. The van der Waals surface area contributed by atoms with Gasteiger partial charge in [-0.1, -0.05) is 25.0 Å². The molecule has 2 amide bonds. The van der Waals surface area contributed by atoms with Crippen molar-refractivity contribution in [3.63, 3.8) is 0 Å². The second kappa shape index (κ2) is 7.53. The number of carboxylic acid groups (broad SMARTS) is 1. The third kappa shape index (κ3) is 4.38. The van der Waals surface area contributed by atoms with E-state index in [1.54, 1.807) is 6.07 Å². The SMILES string of the molecule is CN(c1ccccc1NC(=O)NCC(C)(O)C(=O)O)C1CCCC1. The van der Waals surface area contributed by atoms with Gasteiger partial charge in [0.05, 0.1) is 17.9 Å². The van der Waals surface area contributed by atoms with Gasteiger partial charge in [0, 0.05) is 13.1 Å². The van der Waals surface area contributed by atoms with Crippen molar-refractivity contribution in [2.24, 2.45) is 0 Å². The molecule has 1 atom stereocenters. The van der Waals surface area contributed by atoms with Crippen LogP contribution in [0.5, 0.6) is 0 Å². The van der Waals surface area contributed by atoms with Crippen LogP contribution in [0.15, 0.2) is 24.3 Å². The molecule has 7 heteroatoms. The lowest BCUT2D eigenvalue weighted by atomic mass is 10.1. The largest absolute Gasteiger partial charge is 0.479 e. The smallest absolute Gasteiger partial charge is 0.337 e. The standard InChI is InChI=1S/C17H25N3O4/c1-17(24,15(21)22)11-18-16(23)19-13-9-5-6-10-14(13)20(2)12-7-3-4-8-12/h5-6,9-10,12,24H,3-4,7-8,11H2,1-2H3,(H,21,22)(H2,18,19,23). The zero-order chi connectivity index (χ0) is 17.7. The molecular weight excluding hydrogens is 310 g/mol. The Morgan fingerprint density at radius 1 is 1.29 bits per heavy atom. The Kier molecular flexibility index (Phi) is 5.66. The first-order valence-electron chi connectivity index (χ1n) is 8.14. The van der Waals surface area contributed by atoms with Crippen LogP contribution in [0.4, 0.5) is 16.2 Å². The maximum absolute atomic E-state index is 12.0. The van der Waals surface area contributed by atoms with Crippen LogP contribution in [0.25, 0.3) is 0 Å². The minimum atomic E-state index is -2.00. The van der Waals surface area contributed by atoms with Crippen LogP contribution in [-0.4, -0.2) is 47.4 Å². The van der Waals surface area contributed by atoms with Crippen LogP contribution < -0.4 is 15.5 Å². The number of aliphatic carboxylic acids is 1. The highest BCUT2D eigenvalue weighted by Gasteiger charge is 2.30. The highest BCUT2D eigenvalue weighted by Crippen LogP contribution is 2.31. The van der Waals surface area contributed by atoms with Gasteiger partial charge in [-0.3, -0.25) is 0 Å². The highest BCUT2D eigenvalue weighted by atomic mass is 16.4. The molecule has 1 aliphatic carbocycles. The summed E-state index contributed by atoms with van der Waals surface area (Å²) in [6.07, 6.45) is 4.71. The molecule has 4 N–H and O–H groups in total. The van der Waals surface area contributed by atoms with Gasteiger partial charge in [0.15, 0.2) is 5.60 Å². The van der Waals surface area contributed by atoms with Crippen LogP contribution in [-0.2, 0) is 4.79 Å². The first kappa shape index (κ1) is 18.1. The summed E-state index contributed by atoms with van der Waals surface area (Å²) in [6, 6.07) is 7.40. The molecule has 132 valence electrons. The predicted molar refractivity (Wildman–Crippen MR) is 92.4 cm³/mol. The number of urea groups is 1. The number of nitrogens with one attached hydrogen (secondary N) is 2. The number of carbonyl (C=O) groups is 2. The summed E-state index contributed by atoms with van der Waals surface area (Å²) in [5.41, 5.74) is -0.429. The molecule has 0 radical (unpaired) electrons. The summed E-state index contributed by atoms with van der Waals surface area (Å²) in [5.74, 6) is -1.39. The number of nitrogens with zero attached hydrogens (tertiary/aromatic N) is 1. The summed E-state index contributed by atoms with van der Waals surface area (Å²) < 4.78 is 0. The van der Waals surface area contributed by atoms with E-state index in [2.05, 4.69) is 15.5 Å². The number of carboxylic acids is 1. The minimum Gasteiger partial charge on any atom is -0.479 e. The van der Waals surface area contributed by atoms with Crippen molar-refractivity contribution in [3.05, 3.63) is 24.3 Å². The van der Waals surface area contributed by atoms with Gasteiger partial charge in [-0.2, -0.15) is 0 Å². The van der Waals surface area contributed by atoms with Crippen LogP contribution in [0.1, 0.15) is 32.6 Å². The zero-order valence-electron chi connectivity index (χ0n) is 14.1. The fraction of sp³-hybridized carbons (Fsp3) is 0.529. The van der Waals surface area contributed by atoms with Gasteiger partial charge in [-0.15, -0.1) is 0 Å². The summed E-state index contributed by atoms with van der Waals surface area (Å²) in [7, 11) is 2.02. The summed E-state index contributed by atoms with van der Waals surface area (Å²) in [6.45, 7) is 0.756. The quantitative estimate of drug-likeness (QED) is 0.637. The molecule has 1 aromatic carbocycles. The van der Waals surface area contributed by atoms with Crippen LogP contribution in [0, 0.1) is 0 Å². The van der Waals surface area contributed by atoms with Gasteiger partial charge in [0.1, 0.15) is 0 Å². The maximum Gasteiger partial charge on any atom is 0.337 e. The molecule has 0 saturated heterocycles. The first-order chi connectivity index (χ1) is 11.3. The van der Waals surface area contributed by atoms with Gasteiger partial charge in [-0.25, -0.2) is 9.59 Å². The molecule has 2 rings (SSSR count). The van der Waals surface area contributed by atoms with Crippen molar-refractivity contribution in [1.82, 2.24) is 5.32 Å². The number of hydrogen-bond donors (Lipinski definition) is 4. The Morgan fingerprint density at radius 2 is 1.92 bits per heavy atom. The van der Waals surface area contributed by atoms with Crippen molar-refractivity contribution in [2.45, 2.75) is 44.2 Å². The summed E-state index contributed by atoms with van der Waals surface area (Å²) in [5, 5.41) is 23.6. The molecular formula is C17H25N3O4. The Labute approximate surface area is 141 Å². The average molecular weight is 335 g/mol. The van der Waals surface area contributed by atoms with Crippen molar-refractivity contribution >= 4 is 23.4 Å². The number of hydrogen-bond acceptors (Lipinski definition) is 4. The van der Waals surface area contributed by atoms with Crippen LogP contribution >= 0.6 is 0 Å². The van der Waals surface area contributed by atoms with E-state index in [0.29, 0.717) is 11.7 Å². The minimum absolute atomic E-state index is 0.380. The third-order valence-electron chi connectivity index (χ3n) is 4.46. The molecule has 7 nitrogen and oxygen atoms in total. The number of para-hydroxylation sites is 2. The van der Waals surface area contributed by atoms with E-state index >= 15 is 0 Å². The van der Waals surface area contributed by atoms with Gasteiger partial charge in [-0.05, 0) is 31.9 Å². The average Bonchev–Trinajstić information content (AvgIpc) is 3.07. The van der Waals surface area contributed by atoms with Crippen molar-refractivity contribution in [1.29, 1.82) is 0 Å². The lowest BCUT2D eigenvalue weighted by molar-refractivity contribution is -0.155. The number of benzene rings is 1. The number of anilines is 2. The maximum atomic E-state index is 12.0. The van der Waals surface area contributed by atoms with Gasteiger partial charge >= 0.3 is 12.0 Å². The third-order valence-corrected chi connectivity index (χ3v) is 4.46. The number of amides is 2. The molecule has 0 aliphatic heterocycles. The van der Waals surface area contributed by atoms with Crippen molar-refractivity contribution in [3.8, 4) is 0 Å². The number of aliphatic hydroxyl groups is 1. The molecule has 24 heavy (non-hydrogen) atoms. The van der Waals surface area contributed by atoms with Crippen molar-refractivity contribution < 1.29 is 19.8 Å². The normalized spacial score (nSPS) is 17.1. The van der Waals surface area contributed by atoms with Crippen molar-refractivity contribution in [2.75, 3.05) is 23.8 Å². The lowest BCUT2D eigenvalue weighted by Crippen LogP contribution is -2.47. The van der Waals surface area contributed by atoms with E-state index in [1.165, 1.54) is 12.8 Å². The molecule has 1 saturated carbocycles. The molecule has 1 fully saturated rings. The highest BCUT2D eigenvalue weighted by molar-refractivity contribution is 5.93. The van der Waals surface area contributed by atoms with Crippen LogP contribution in [0.2, 0.25) is 0 Å². The second-order valence-electron chi connectivity index (χ2n) is 6.45. The Bertz CT molecular complexity index is 597. The molecule has 1 aromatic rings. The second-order valence-corrected chi connectivity index (χ2v) is 6.45. The number of rotatable bonds is 6. The fourth-order valence-corrected chi connectivity index (χ4v) is 2.87. The summed E-state index contributed by atoms with van der Waals surface area (Å²) >= 11 is 0. The molecule has 0 aromatic heterocycles. The van der Waals surface area contributed by atoms with E-state index < -0.39 is 17.6 Å². The van der Waals surface area contributed by atoms with Gasteiger partial charge < -0.3 is 25.7 Å². The fourth-order valence-electron chi connectivity index (χ4n) is 2.87. The van der Waals surface area contributed by atoms with Gasteiger partial charge in [0.2, 0.25) is 0 Å². The number of carbonyl (C=O) groups excluding carboxylic acids is 1. The van der Waals surface area contributed by atoms with Crippen LogP contribution in [0.3, 0.4) is 0 Å². The van der Waals surface area contributed by atoms with E-state index in [0.717, 1.165) is 25.5 Å². The van der Waals surface area contributed by atoms with E-state index in [4.69, 9.17) is 5.11 Å².